The molecule has 0 heterocycles. The number of hydrogen-bond acceptors (Lipinski definition) is 3. The predicted octanol–water partition coefficient (Wildman–Crippen LogP) is 3.46. The highest BCUT2D eigenvalue weighted by Gasteiger charge is 2.12. The van der Waals surface area contributed by atoms with Crippen LogP contribution >= 0.6 is 27.5 Å². The van der Waals surface area contributed by atoms with Gasteiger partial charge in [0.15, 0.2) is 0 Å². The van der Waals surface area contributed by atoms with Gasteiger partial charge in [0.05, 0.1) is 9.92 Å². The van der Waals surface area contributed by atoms with E-state index in [-0.39, 0.29) is 18.0 Å². The van der Waals surface area contributed by atoms with Gasteiger partial charge in [0.1, 0.15) is 12.4 Å². The van der Waals surface area contributed by atoms with Crippen molar-refractivity contribution in [1.29, 1.82) is 0 Å². The SMILES string of the molecule is O=S(=O)(NCCOc1ccccc1Cl)c1ccc(Br)cc1. The average Bonchev–Trinajstić information content (AvgIpc) is 2.46. The number of nitrogens with one attached hydrogen (secondary N) is 1. The van der Waals surface area contributed by atoms with Crippen molar-refractivity contribution in [2.45, 2.75) is 4.90 Å². The Balaban J connectivity index is 1.88. The number of hydrogen-bond donors (Lipinski definition) is 1. The van der Waals surface area contributed by atoms with Crippen LogP contribution in [0.15, 0.2) is 57.9 Å². The monoisotopic (exact) mass is 389 g/mol. The summed E-state index contributed by atoms with van der Waals surface area (Å²) < 4.78 is 32.7. The number of halogens is 2. The van der Waals surface area contributed by atoms with Crippen LogP contribution < -0.4 is 9.46 Å². The molecular formula is C14H13BrClNO3S. The Morgan fingerprint density at radius 1 is 1.10 bits per heavy atom. The molecule has 0 atom stereocenters. The summed E-state index contributed by atoms with van der Waals surface area (Å²) in [5, 5.41) is 0.494. The molecule has 2 aromatic rings. The van der Waals surface area contributed by atoms with Crippen molar-refractivity contribution in [1.82, 2.24) is 4.72 Å². The second-order valence-electron chi connectivity index (χ2n) is 4.13. The second kappa shape index (κ2) is 7.26. The Kier molecular flexibility index (Phi) is 5.64. The largest absolute Gasteiger partial charge is 0.491 e. The van der Waals surface area contributed by atoms with Crippen LogP contribution in [0.1, 0.15) is 0 Å². The molecule has 2 rings (SSSR count). The molecule has 0 aromatic heterocycles. The molecule has 0 saturated heterocycles. The fourth-order valence-electron chi connectivity index (χ4n) is 1.60. The van der Waals surface area contributed by atoms with Crippen molar-refractivity contribution in [3.05, 3.63) is 58.0 Å². The molecule has 0 radical (unpaired) electrons. The van der Waals surface area contributed by atoms with Crippen LogP contribution in [0.25, 0.3) is 0 Å². The number of para-hydroxylation sites is 1. The highest BCUT2D eigenvalue weighted by Crippen LogP contribution is 2.22. The Labute approximate surface area is 137 Å². The van der Waals surface area contributed by atoms with E-state index in [9.17, 15) is 8.42 Å². The van der Waals surface area contributed by atoms with Crippen molar-refractivity contribution < 1.29 is 13.2 Å². The van der Waals surface area contributed by atoms with Gasteiger partial charge in [-0.1, -0.05) is 39.7 Å². The normalized spacial score (nSPS) is 11.3. The van der Waals surface area contributed by atoms with Gasteiger partial charge in [-0.2, -0.15) is 0 Å². The lowest BCUT2D eigenvalue weighted by molar-refractivity contribution is 0.323. The van der Waals surface area contributed by atoms with E-state index in [1.807, 2.05) is 0 Å². The Morgan fingerprint density at radius 3 is 2.43 bits per heavy atom. The van der Waals surface area contributed by atoms with E-state index < -0.39 is 10.0 Å². The van der Waals surface area contributed by atoms with Gasteiger partial charge >= 0.3 is 0 Å². The molecule has 0 fully saturated rings. The quantitative estimate of drug-likeness (QED) is 0.769. The lowest BCUT2D eigenvalue weighted by Crippen LogP contribution is -2.28. The smallest absolute Gasteiger partial charge is 0.240 e. The molecular weight excluding hydrogens is 378 g/mol. The van der Waals surface area contributed by atoms with Gasteiger partial charge in [0, 0.05) is 11.0 Å². The van der Waals surface area contributed by atoms with Gasteiger partial charge in [-0.05, 0) is 36.4 Å². The highest BCUT2D eigenvalue weighted by atomic mass is 79.9. The molecule has 0 aliphatic heterocycles. The summed E-state index contributed by atoms with van der Waals surface area (Å²) in [6, 6.07) is 13.4. The summed E-state index contributed by atoms with van der Waals surface area (Å²) in [5.74, 6) is 0.530. The lowest BCUT2D eigenvalue weighted by atomic mass is 10.3. The molecule has 0 bridgehead atoms. The van der Waals surface area contributed by atoms with Crippen molar-refractivity contribution in [2.24, 2.45) is 0 Å². The van der Waals surface area contributed by atoms with Crippen LogP contribution in [0.3, 0.4) is 0 Å². The van der Waals surface area contributed by atoms with E-state index in [1.54, 1.807) is 36.4 Å². The number of benzene rings is 2. The van der Waals surface area contributed by atoms with Gasteiger partial charge in [-0.3, -0.25) is 0 Å². The molecule has 0 saturated carbocycles. The van der Waals surface area contributed by atoms with Crippen molar-refractivity contribution in [3.8, 4) is 5.75 Å². The minimum atomic E-state index is -3.53. The fourth-order valence-corrected chi connectivity index (χ4v) is 3.06. The topological polar surface area (TPSA) is 55.4 Å². The standard InChI is InChI=1S/C14H13BrClNO3S/c15-11-5-7-12(8-6-11)21(18,19)17-9-10-20-14-4-2-1-3-13(14)16/h1-8,17H,9-10H2. The summed E-state index contributed by atoms with van der Waals surface area (Å²) in [5.41, 5.74) is 0. The van der Waals surface area contributed by atoms with Crippen LogP contribution in [-0.4, -0.2) is 21.6 Å². The third-order valence-electron chi connectivity index (χ3n) is 2.61. The molecule has 7 heteroatoms. The molecule has 0 aliphatic carbocycles. The first-order valence-electron chi connectivity index (χ1n) is 6.11. The second-order valence-corrected chi connectivity index (χ2v) is 7.22. The first-order valence-corrected chi connectivity index (χ1v) is 8.77. The van der Waals surface area contributed by atoms with Crippen LogP contribution in [0.4, 0.5) is 0 Å². The van der Waals surface area contributed by atoms with Crippen molar-refractivity contribution in [2.75, 3.05) is 13.2 Å². The summed E-state index contributed by atoms with van der Waals surface area (Å²) >= 11 is 9.20. The summed E-state index contributed by atoms with van der Waals surface area (Å²) in [6.07, 6.45) is 0. The van der Waals surface area contributed by atoms with Gasteiger partial charge in [-0.25, -0.2) is 13.1 Å². The molecule has 21 heavy (non-hydrogen) atoms. The predicted molar refractivity (Wildman–Crippen MR) is 86.3 cm³/mol. The first-order chi connectivity index (χ1) is 9.99. The van der Waals surface area contributed by atoms with Gasteiger partial charge in [-0.15, -0.1) is 0 Å². The molecule has 0 unspecified atom stereocenters. The Morgan fingerprint density at radius 2 is 1.76 bits per heavy atom. The van der Waals surface area contributed by atoms with Crippen molar-refractivity contribution in [3.63, 3.8) is 0 Å². The zero-order chi connectivity index (χ0) is 15.3. The fraction of sp³-hybridized carbons (Fsp3) is 0.143. The zero-order valence-corrected chi connectivity index (χ0v) is 14.1. The molecule has 0 amide bonds. The zero-order valence-electron chi connectivity index (χ0n) is 10.9. The third kappa shape index (κ3) is 4.71. The minimum Gasteiger partial charge on any atom is -0.491 e. The van der Waals surface area contributed by atoms with Gasteiger partial charge < -0.3 is 4.74 Å². The van der Waals surface area contributed by atoms with E-state index in [0.29, 0.717) is 10.8 Å². The van der Waals surface area contributed by atoms with Crippen LogP contribution in [0.2, 0.25) is 5.02 Å². The maximum absolute atomic E-state index is 12.0. The summed E-state index contributed by atoms with van der Waals surface area (Å²) in [6.45, 7) is 0.350. The molecule has 2 aromatic carbocycles. The van der Waals surface area contributed by atoms with E-state index in [1.165, 1.54) is 12.1 Å². The maximum Gasteiger partial charge on any atom is 0.240 e. The van der Waals surface area contributed by atoms with Crippen molar-refractivity contribution >= 4 is 37.6 Å². The van der Waals surface area contributed by atoms with Gasteiger partial charge in [0.2, 0.25) is 10.0 Å². The summed E-state index contributed by atoms with van der Waals surface area (Å²) in [7, 11) is -3.53. The highest BCUT2D eigenvalue weighted by molar-refractivity contribution is 9.10. The Hall–Kier alpha value is -1.08. The van der Waals surface area contributed by atoms with Crippen LogP contribution in [0.5, 0.6) is 5.75 Å². The summed E-state index contributed by atoms with van der Waals surface area (Å²) in [4.78, 5) is 0.212. The number of rotatable bonds is 6. The van der Waals surface area contributed by atoms with E-state index in [0.717, 1.165) is 4.47 Å². The van der Waals surface area contributed by atoms with Crippen LogP contribution in [0, 0.1) is 0 Å². The first kappa shape index (κ1) is 16.3. The van der Waals surface area contributed by atoms with E-state index >= 15 is 0 Å². The van der Waals surface area contributed by atoms with E-state index in [2.05, 4.69) is 20.7 Å². The van der Waals surface area contributed by atoms with Crippen LogP contribution in [-0.2, 0) is 10.0 Å². The maximum atomic E-state index is 12.0. The minimum absolute atomic E-state index is 0.156. The van der Waals surface area contributed by atoms with E-state index in [4.69, 9.17) is 16.3 Å². The molecule has 4 nitrogen and oxygen atoms in total. The Bertz CT molecular complexity index is 704. The molecule has 0 spiro atoms. The molecule has 112 valence electrons. The number of sulfonamides is 1. The number of ether oxygens (including phenoxy) is 1. The lowest BCUT2D eigenvalue weighted by Gasteiger charge is -2.09. The third-order valence-corrected chi connectivity index (χ3v) is 4.93. The van der Waals surface area contributed by atoms with Gasteiger partial charge in [0.25, 0.3) is 0 Å². The molecule has 1 N–H and O–H groups in total. The average molecular weight is 391 g/mol. The molecule has 0 aliphatic rings.